The molecule has 0 bridgehead atoms. The maximum absolute atomic E-state index is 12.9. The zero-order chi connectivity index (χ0) is 23.8. The van der Waals surface area contributed by atoms with Crippen LogP contribution in [0.15, 0.2) is 66.2 Å². The van der Waals surface area contributed by atoms with E-state index in [0.717, 1.165) is 5.56 Å². The van der Waals surface area contributed by atoms with Crippen LogP contribution in [0.4, 0.5) is 0 Å². The summed E-state index contributed by atoms with van der Waals surface area (Å²) in [5.41, 5.74) is -0.256. The molecule has 8 nitrogen and oxygen atoms in total. The minimum Gasteiger partial charge on any atom is -0.508 e. The van der Waals surface area contributed by atoms with Gasteiger partial charge < -0.3 is 19.3 Å². The molecule has 1 unspecified atom stereocenters. The number of phenolic OH excluding ortho intramolecular Hbond substituents is 1. The van der Waals surface area contributed by atoms with Crippen molar-refractivity contribution in [2.75, 3.05) is 13.2 Å². The van der Waals surface area contributed by atoms with E-state index in [2.05, 4.69) is 5.32 Å². The van der Waals surface area contributed by atoms with Crippen LogP contribution in [0.2, 0.25) is 0 Å². The Balaban J connectivity index is 1.96. The molecule has 0 amide bonds. The van der Waals surface area contributed by atoms with Crippen LogP contribution in [0.3, 0.4) is 0 Å². The van der Waals surface area contributed by atoms with Gasteiger partial charge in [0, 0.05) is 18.1 Å². The zero-order valence-corrected chi connectivity index (χ0v) is 18.6. The Bertz CT molecular complexity index is 1010. The summed E-state index contributed by atoms with van der Waals surface area (Å²) in [6, 6.07) is 14.9. The molecule has 1 fully saturated rings. The Morgan fingerprint density at radius 1 is 0.970 bits per heavy atom. The number of benzene rings is 2. The molecule has 1 heterocycles. The first-order chi connectivity index (χ1) is 15.9. The predicted octanol–water partition coefficient (Wildman–Crippen LogP) is 2.96. The minimum absolute atomic E-state index is 0.0536. The van der Waals surface area contributed by atoms with Gasteiger partial charge in [-0.15, -0.1) is 0 Å². The quantitative estimate of drug-likeness (QED) is 0.272. The fourth-order valence-electron chi connectivity index (χ4n) is 3.72. The van der Waals surface area contributed by atoms with Gasteiger partial charge in [-0.2, -0.15) is 0 Å². The van der Waals surface area contributed by atoms with Gasteiger partial charge >= 0.3 is 17.9 Å². The maximum Gasteiger partial charge on any atom is 0.338 e. The average Bonchev–Trinajstić information content (AvgIpc) is 3.19. The standard InChI is InChI=1S/C25H27NO7/c1-3-31-23(29)25(24(30)32-4-2)15-18(22(26-25)19-12-8-9-13-20(19)27)14-21(28)33-16-17-10-6-5-7-11-17/h5-14,22,26-27H,3-4,15-16H2,1-2H3/b18-14+. The first-order valence-corrected chi connectivity index (χ1v) is 10.7. The van der Waals surface area contributed by atoms with Gasteiger partial charge in [0.2, 0.25) is 5.54 Å². The number of rotatable bonds is 8. The van der Waals surface area contributed by atoms with Gasteiger partial charge in [-0.1, -0.05) is 48.5 Å². The highest BCUT2D eigenvalue weighted by Crippen LogP contribution is 2.42. The summed E-state index contributed by atoms with van der Waals surface area (Å²) in [5, 5.41) is 13.4. The Morgan fingerprint density at radius 3 is 2.18 bits per heavy atom. The van der Waals surface area contributed by atoms with Crippen LogP contribution in [0, 0.1) is 0 Å². The van der Waals surface area contributed by atoms with Gasteiger partial charge in [0.15, 0.2) is 0 Å². The highest BCUT2D eigenvalue weighted by Gasteiger charge is 2.56. The van der Waals surface area contributed by atoms with Crippen molar-refractivity contribution >= 4 is 17.9 Å². The number of ether oxygens (including phenoxy) is 3. The molecule has 174 valence electrons. The Hall–Kier alpha value is -3.65. The molecule has 1 atom stereocenters. The summed E-state index contributed by atoms with van der Waals surface area (Å²) < 4.78 is 15.7. The van der Waals surface area contributed by atoms with E-state index >= 15 is 0 Å². The molecule has 0 aliphatic carbocycles. The summed E-state index contributed by atoms with van der Waals surface area (Å²) >= 11 is 0. The molecule has 2 aromatic rings. The molecule has 33 heavy (non-hydrogen) atoms. The van der Waals surface area contributed by atoms with E-state index < -0.39 is 29.5 Å². The summed E-state index contributed by atoms with van der Waals surface area (Å²) in [5.74, 6) is -2.32. The van der Waals surface area contributed by atoms with Crippen LogP contribution in [0.25, 0.3) is 0 Å². The molecule has 2 aromatic carbocycles. The largest absolute Gasteiger partial charge is 0.508 e. The number of hydrogen-bond donors (Lipinski definition) is 2. The van der Waals surface area contributed by atoms with Gasteiger partial charge in [0.1, 0.15) is 12.4 Å². The average molecular weight is 453 g/mol. The van der Waals surface area contributed by atoms with Gasteiger partial charge in [-0.25, -0.2) is 14.4 Å². The molecular formula is C25H27NO7. The van der Waals surface area contributed by atoms with Crippen LogP contribution in [-0.2, 0) is 35.2 Å². The summed E-state index contributed by atoms with van der Waals surface area (Å²) in [6.07, 6.45) is 1.07. The number of para-hydroxylation sites is 1. The van der Waals surface area contributed by atoms with Crippen molar-refractivity contribution in [1.29, 1.82) is 0 Å². The van der Waals surface area contributed by atoms with Gasteiger partial charge in [0.05, 0.1) is 19.3 Å². The van der Waals surface area contributed by atoms with Crippen molar-refractivity contribution in [1.82, 2.24) is 5.32 Å². The van der Waals surface area contributed by atoms with E-state index in [1.807, 2.05) is 30.3 Å². The highest BCUT2D eigenvalue weighted by atomic mass is 16.6. The lowest BCUT2D eigenvalue weighted by Crippen LogP contribution is -2.56. The molecule has 1 saturated heterocycles. The van der Waals surface area contributed by atoms with E-state index in [-0.39, 0.29) is 32.0 Å². The summed E-state index contributed by atoms with van der Waals surface area (Å²) in [7, 11) is 0. The molecule has 1 aliphatic rings. The number of esters is 3. The Morgan fingerprint density at radius 2 is 1.58 bits per heavy atom. The molecule has 0 spiro atoms. The van der Waals surface area contributed by atoms with Crippen molar-refractivity contribution in [2.45, 2.75) is 38.5 Å². The second kappa shape index (κ2) is 10.8. The SMILES string of the molecule is CCOC(=O)C1(C(=O)OCC)C/C(=C\C(=O)OCc2ccccc2)C(c2ccccc2O)N1. The Kier molecular flexibility index (Phi) is 7.84. The number of carbonyl (C=O) groups excluding carboxylic acids is 3. The number of carbonyl (C=O) groups is 3. The first-order valence-electron chi connectivity index (χ1n) is 10.7. The lowest BCUT2D eigenvalue weighted by atomic mass is 9.93. The van der Waals surface area contributed by atoms with Crippen molar-refractivity contribution in [3.63, 3.8) is 0 Å². The highest BCUT2D eigenvalue weighted by molar-refractivity contribution is 6.06. The second-order valence-corrected chi connectivity index (χ2v) is 7.47. The van der Waals surface area contributed by atoms with Crippen LogP contribution < -0.4 is 5.32 Å². The molecule has 1 aliphatic heterocycles. The van der Waals surface area contributed by atoms with Gasteiger partial charge in [-0.3, -0.25) is 5.32 Å². The van der Waals surface area contributed by atoms with E-state index in [4.69, 9.17) is 14.2 Å². The number of phenols is 1. The summed E-state index contributed by atoms with van der Waals surface area (Å²) in [4.78, 5) is 38.4. The molecule has 8 heteroatoms. The second-order valence-electron chi connectivity index (χ2n) is 7.47. The Labute approximate surface area is 192 Å². The van der Waals surface area contributed by atoms with Gasteiger partial charge in [-0.05, 0) is 31.1 Å². The lowest BCUT2D eigenvalue weighted by Gasteiger charge is -2.25. The van der Waals surface area contributed by atoms with Crippen LogP contribution in [0.1, 0.15) is 37.4 Å². The molecule has 0 aromatic heterocycles. The lowest BCUT2D eigenvalue weighted by molar-refractivity contribution is -0.165. The van der Waals surface area contributed by atoms with Gasteiger partial charge in [0.25, 0.3) is 0 Å². The van der Waals surface area contributed by atoms with E-state index in [1.165, 1.54) is 12.1 Å². The van der Waals surface area contributed by atoms with E-state index in [9.17, 15) is 19.5 Å². The van der Waals surface area contributed by atoms with E-state index in [0.29, 0.717) is 11.1 Å². The van der Waals surface area contributed by atoms with Crippen LogP contribution in [0.5, 0.6) is 5.75 Å². The minimum atomic E-state index is -1.86. The maximum atomic E-state index is 12.9. The van der Waals surface area contributed by atoms with Crippen molar-refractivity contribution in [3.05, 3.63) is 77.4 Å². The normalized spacial score (nSPS) is 18.0. The topological polar surface area (TPSA) is 111 Å². The third kappa shape index (κ3) is 5.40. The molecule has 2 N–H and O–H groups in total. The fraction of sp³-hybridized carbons (Fsp3) is 0.320. The predicted molar refractivity (Wildman–Crippen MR) is 119 cm³/mol. The molecular weight excluding hydrogens is 426 g/mol. The van der Waals surface area contributed by atoms with Crippen molar-refractivity contribution in [2.24, 2.45) is 0 Å². The number of aromatic hydroxyl groups is 1. The van der Waals surface area contributed by atoms with Crippen LogP contribution >= 0.6 is 0 Å². The van der Waals surface area contributed by atoms with Crippen molar-refractivity contribution in [3.8, 4) is 5.75 Å². The first kappa shape index (κ1) is 24.0. The number of nitrogens with one attached hydrogen (secondary N) is 1. The number of hydrogen-bond acceptors (Lipinski definition) is 8. The monoisotopic (exact) mass is 453 g/mol. The van der Waals surface area contributed by atoms with E-state index in [1.54, 1.807) is 32.0 Å². The fourth-order valence-corrected chi connectivity index (χ4v) is 3.72. The third-order valence-electron chi connectivity index (χ3n) is 5.25. The molecule has 3 rings (SSSR count). The molecule has 0 saturated carbocycles. The third-order valence-corrected chi connectivity index (χ3v) is 5.25. The summed E-state index contributed by atoms with van der Waals surface area (Å²) in [6.45, 7) is 3.44. The molecule has 0 radical (unpaired) electrons. The smallest absolute Gasteiger partial charge is 0.338 e. The van der Waals surface area contributed by atoms with Crippen molar-refractivity contribution < 1.29 is 33.7 Å². The van der Waals surface area contributed by atoms with Crippen LogP contribution in [-0.4, -0.2) is 41.8 Å². The zero-order valence-electron chi connectivity index (χ0n) is 18.6.